The van der Waals surface area contributed by atoms with Gasteiger partial charge in [-0.25, -0.2) is 0 Å². The van der Waals surface area contributed by atoms with Crippen molar-refractivity contribution in [2.75, 3.05) is 0 Å². The number of aliphatic hydroxyl groups excluding tert-OH is 1. The molecule has 8 atom stereocenters. The van der Waals surface area contributed by atoms with Gasteiger partial charge in [-0.3, -0.25) is 0 Å². The van der Waals surface area contributed by atoms with Crippen molar-refractivity contribution in [2.45, 2.75) is 83.8 Å². The SMILES string of the molecule is CC1(C)[C@H](O)CC[C@]2(C)[C@@H]1CC[C@]13C[C@@H]4C[C@](O)(C1)[C@@H]4C[C@H]32. The Bertz CT molecular complexity index is 528. The van der Waals surface area contributed by atoms with E-state index in [-0.39, 0.29) is 17.1 Å². The molecule has 124 valence electrons. The predicted octanol–water partition coefficient (Wildman–Crippen LogP) is 3.75. The first-order valence-corrected chi connectivity index (χ1v) is 9.62. The molecule has 7 aliphatic carbocycles. The molecule has 0 radical (unpaired) electrons. The number of hydrogen-bond donors (Lipinski definition) is 2. The van der Waals surface area contributed by atoms with Crippen molar-refractivity contribution in [1.29, 1.82) is 0 Å². The molecule has 0 aliphatic heterocycles. The van der Waals surface area contributed by atoms with Crippen LogP contribution in [0.25, 0.3) is 0 Å². The van der Waals surface area contributed by atoms with Gasteiger partial charge in [0.15, 0.2) is 0 Å². The Morgan fingerprint density at radius 1 is 0.955 bits per heavy atom. The topological polar surface area (TPSA) is 40.5 Å². The van der Waals surface area contributed by atoms with Gasteiger partial charge in [-0.05, 0) is 91.3 Å². The Labute approximate surface area is 134 Å². The molecule has 2 nitrogen and oxygen atoms in total. The summed E-state index contributed by atoms with van der Waals surface area (Å²) in [6, 6.07) is 0. The lowest BCUT2D eigenvalue weighted by Gasteiger charge is -2.76. The number of hydrogen-bond acceptors (Lipinski definition) is 2. The van der Waals surface area contributed by atoms with Crippen LogP contribution in [0.15, 0.2) is 0 Å². The molecule has 4 bridgehead atoms. The second-order valence-corrected chi connectivity index (χ2v) is 10.7. The average molecular weight is 304 g/mol. The maximum atomic E-state index is 10.9. The summed E-state index contributed by atoms with van der Waals surface area (Å²) < 4.78 is 0. The van der Waals surface area contributed by atoms with Crippen LogP contribution in [0.1, 0.15) is 72.1 Å². The quantitative estimate of drug-likeness (QED) is 0.715. The van der Waals surface area contributed by atoms with Crippen molar-refractivity contribution in [1.82, 2.24) is 0 Å². The summed E-state index contributed by atoms with van der Waals surface area (Å²) >= 11 is 0. The standard InChI is InChI=1S/C20H32O2/c1-17(2)14-4-7-19-9-12-10-20(22,11-19)13(12)8-15(19)18(14,3)6-5-16(17)21/h12-16,21-22H,4-11H2,1-3H3/t12-,13-,14-,15+,16-,18-,19+,20+/m1/s1. The minimum atomic E-state index is -0.285. The third kappa shape index (κ3) is 1.38. The molecule has 0 aromatic carbocycles. The third-order valence-corrected chi connectivity index (χ3v) is 9.67. The molecule has 0 aromatic rings. The molecule has 7 fully saturated rings. The van der Waals surface area contributed by atoms with Crippen LogP contribution in [-0.4, -0.2) is 21.9 Å². The molecule has 7 saturated carbocycles. The lowest BCUT2D eigenvalue weighted by atomic mass is 9.30. The van der Waals surface area contributed by atoms with Gasteiger partial charge in [0.2, 0.25) is 0 Å². The van der Waals surface area contributed by atoms with Crippen molar-refractivity contribution in [3.05, 3.63) is 0 Å². The van der Waals surface area contributed by atoms with Crippen LogP contribution >= 0.6 is 0 Å². The first kappa shape index (κ1) is 14.3. The summed E-state index contributed by atoms with van der Waals surface area (Å²) in [6.07, 6.45) is 9.49. The first-order valence-electron chi connectivity index (χ1n) is 9.62. The highest BCUT2D eigenvalue weighted by molar-refractivity contribution is 5.23. The average Bonchev–Trinajstić information content (AvgIpc) is 2.42. The van der Waals surface area contributed by atoms with E-state index in [1.807, 2.05) is 0 Å². The minimum absolute atomic E-state index is 0.0606. The normalized spacial score (nSPS) is 64.5. The molecule has 22 heavy (non-hydrogen) atoms. The van der Waals surface area contributed by atoms with Crippen molar-refractivity contribution in [3.63, 3.8) is 0 Å². The zero-order chi connectivity index (χ0) is 15.5. The van der Waals surface area contributed by atoms with E-state index < -0.39 is 0 Å². The zero-order valence-corrected chi connectivity index (χ0v) is 14.4. The van der Waals surface area contributed by atoms with Crippen molar-refractivity contribution in [2.24, 2.45) is 39.9 Å². The summed E-state index contributed by atoms with van der Waals surface area (Å²) in [5.41, 5.74) is 0.607. The van der Waals surface area contributed by atoms with E-state index in [1.54, 1.807) is 0 Å². The van der Waals surface area contributed by atoms with Gasteiger partial charge in [-0.2, -0.15) is 0 Å². The highest BCUT2D eigenvalue weighted by Crippen LogP contribution is 2.77. The predicted molar refractivity (Wildman–Crippen MR) is 86.2 cm³/mol. The maximum absolute atomic E-state index is 10.9. The smallest absolute Gasteiger partial charge is 0.0686 e. The summed E-state index contributed by atoms with van der Waals surface area (Å²) in [4.78, 5) is 0. The van der Waals surface area contributed by atoms with Crippen molar-refractivity contribution < 1.29 is 10.2 Å². The van der Waals surface area contributed by atoms with Crippen LogP contribution in [0.3, 0.4) is 0 Å². The summed E-state index contributed by atoms with van der Waals surface area (Å²) in [7, 11) is 0. The van der Waals surface area contributed by atoms with Gasteiger partial charge in [0, 0.05) is 0 Å². The molecule has 2 N–H and O–H groups in total. The van der Waals surface area contributed by atoms with Crippen molar-refractivity contribution >= 4 is 0 Å². The zero-order valence-electron chi connectivity index (χ0n) is 14.4. The molecule has 0 heterocycles. The Morgan fingerprint density at radius 3 is 2.45 bits per heavy atom. The fraction of sp³-hybridized carbons (Fsp3) is 1.00. The van der Waals surface area contributed by atoms with E-state index in [0.717, 1.165) is 31.1 Å². The molecule has 1 spiro atoms. The van der Waals surface area contributed by atoms with Crippen molar-refractivity contribution in [3.8, 4) is 0 Å². The van der Waals surface area contributed by atoms with E-state index in [9.17, 15) is 10.2 Å². The molecule has 2 heteroatoms. The summed E-state index contributed by atoms with van der Waals surface area (Å²) in [5, 5.41) is 21.5. The van der Waals surface area contributed by atoms with Gasteiger partial charge in [0.25, 0.3) is 0 Å². The maximum Gasteiger partial charge on any atom is 0.0686 e. The minimum Gasteiger partial charge on any atom is -0.393 e. The molecule has 0 saturated heterocycles. The highest BCUT2D eigenvalue weighted by Gasteiger charge is 2.73. The third-order valence-electron chi connectivity index (χ3n) is 9.67. The van der Waals surface area contributed by atoms with E-state index in [1.165, 1.54) is 32.1 Å². The summed E-state index contributed by atoms with van der Waals surface area (Å²) in [5.74, 6) is 2.89. The Hall–Kier alpha value is -0.0800. The van der Waals surface area contributed by atoms with Gasteiger partial charge < -0.3 is 10.2 Å². The van der Waals surface area contributed by atoms with E-state index in [2.05, 4.69) is 20.8 Å². The number of fused-ring (bicyclic) bond motifs is 1. The molecule has 7 aliphatic rings. The Balaban J connectivity index is 1.55. The van der Waals surface area contributed by atoms with Gasteiger partial charge in [-0.1, -0.05) is 20.8 Å². The second kappa shape index (κ2) is 3.77. The van der Waals surface area contributed by atoms with E-state index in [0.29, 0.717) is 22.7 Å². The van der Waals surface area contributed by atoms with Gasteiger partial charge >= 0.3 is 0 Å². The highest BCUT2D eigenvalue weighted by atomic mass is 16.3. The molecule has 0 unspecified atom stereocenters. The van der Waals surface area contributed by atoms with Crippen LogP contribution in [0.5, 0.6) is 0 Å². The fourth-order valence-corrected chi connectivity index (χ4v) is 8.79. The molecule has 0 amide bonds. The molecule has 7 rings (SSSR count). The van der Waals surface area contributed by atoms with Crippen LogP contribution in [0.4, 0.5) is 0 Å². The van der Waals surface area contributed by atoms with Crippen LogP contribution < -0.4 is 0 Å². The van der Waals surface area contributed by atoms with E-state index in [4.69, 9.17) is 0 Å². The second-order valence-electron chi connectivity index (χ2n) is 10.7. The van der Waals surface area contributed by atoms with E-state index >= 15 is 0 Å². The van der Waals surface area contributed by atoms with Crippen LogP contribution in [0, 0.1) is 39.9 Å². The number of aliphatic hydroxyl groups is 2. The first-order chi connectivity index (χ1) is 10.2. The van der Waals surface area contributed by atoms with Crippen LogP contribution in [-0.2, 0) is 0 Å². The summed E-state index contributed by atoms with van der Waals surface area (Å²) in [6.45, 7) is 7.17. The monoisotopic (exact) mass is 304 g/mol. The Morgan fingerprint density at radius 2 is 1.73 bits per heavy atom. The lowest BCUT2D eigenvalue weighted by molar-refractivity contribution is -0.309. The lowest BCUT2D eigenvalue weighted by Crippen LogP contribution is -2.72. The molecular weight excluding hydrogens is 272 g/mol. The molecule has 0 aromatic heterocycles. The van der Waals surface area contributed by atoms with Gasteiger partial charge in [0.05, 0.1) is 11.7 Å². The molecular formula is C20H32O2. The largest absolute Gasteiger partial charge is 0.393 e. The Kier molecular flexibility index (Phi) is 2.45. The van der Waals surface area contributed by atoms with Gasteiger partial charge in [-0.15, -0.1) is 0 Å². The number of rotatable bonds is 0. The van der Waals surface area contributed by atoms with Gasteiger partial charge in [0.1, 0.15) is 0 Å². The fourth-order valence-electron chi connectivity index (χ4n) is 8.79. The van der Waals surface area contributed by atoms with Crippen LogP contribution in [0.2, 0.25) is 0 Å².